The molecule has 2 N–H and O–H groups in total. The zero-order valence-corrected chi connectivity index (χ0v) is 15.4. The quantitative estimate of drug-likeness (QED) is 0.601. The van der Waals surface area contributed by atoms with E-state index in [1.165, 1.54) is 0 Å². The lowest BCUT2D eigenvalue weighted by atomic mass is 10.2. The number of nitrogens with zero attached hydrogens (tertiary/aromatic N) is 1. The Balaban J connectivity index is 1.95. The third kappa shape index (κ3) is 6.03. The number of rotatable bonds is 6. The van der Waals surface area contributed by atoms with E-state index in [0.717, 1.165) is 17.9 Å². The average molecular weight is 353 g/mol. The summed E-state index contributed by atoms with van der Waals surface area (Å²) in [5, 5.41) is 6.38. The SMILES string of the molecule is CCNC(=NCc1ccc(OC(C)C)cc1)NC1CCS(=O)(=O)C1. The number of nitrogens with one attached hydrogen (secondary N) is 2. The second-order valence-corrected chi connectivity index (χ2v) is 8.48. The Morgan fingerprint density at radius 2 is 2.04 bits per heavy atom. The fourth-order valence-electron chi connectivity index (χ4n) is 2.54. The van der Waals surface area contributed by atoms with Crippen LogP contribution in [-0.2, 0) is 16.4 Å². The van der Waals surface area contributed by atoms with Crippen molar-refractivity contribution in [3.05, 3.63) is 29.8 Å². The van der Waals surface area contributed by atoms with Crippen molar-refractivity contribution in [2.45, 2.75) is 45.9 Å². The maximum Gasteiger partial charge on any atom is 0.191 e. The summed E-state index contributed by atoms with van der Waals surface area (Å²) >= 11 is 0. The minimum Gasteiger partial charge on any atom is -0.491 e. The molecule has 6 nitrogen and oxygen atoms in total. The average Bonchev–Trinajstić information content (AvgIpc) is 2.85. The minimum atomic E-state index is -2.90. The molecule has 0 radical (unpaired) electrons. The van der Waals surface area contributed by atoms with E-state index in [0.29, 0.717) is 18.9 Å². The molecule has 1 aliphatic heterocycles. The third-order valence-electron chi connectivity index (χ3n) is 3.63. The molecule has 1 fully saturated rings. The molecule has 0 bridgehead atoms. The van der Waals surface area contributed by atoms with Gasteiger partial charge in [0.25, 0.3) is 0 Å². The second kappa shape index (κ2) is 8.37. The van der Waals surface area contributed by atoms with Crippen LogP contribution >= 0.6 is 0 Å². The standard InChI is InChI=1S/C17H27N3O3S/c1-4-18-17(20-15-9-10-24(21,22)12-15)19-11-14-5-7-16(8-6-14)23-13(2)3/h5-8,13,15H,4,9-12H2,1-3H3,(H2,18,19,20). The van der Waals surface area contributed by atoms with Gasteiger partial charge in [-0.2, -0.15) is 0 Å². The Bertz CT molecular complexity index is 654. The number of ether oxygens (including phenoxy) is 1. The first kappa shape index (κ1) is 18.6. The molecule has 0 spiro atoms. The molecule has 1 unspecified atom stereocenters. The molecule has 2 rings (SSSR count). The molecule has 1 aromatic rings. The first-order valence-electron chi connectivity index (χ1n) is 8.39. The summed E-state index contributed by atoms with van der Waals surface area (Å²) < 4.78 is 28.7. The highest BCUT2D eigenvalue weighted by Gasteiger charge is 2.28. The van der Waals surface area contributed by atoms with Crippen LogP contribution in [-0.4, -0.2) is 44.6 Å². The first-order chi connectivity index (χ1) is 11.4. The molecule has 7 heteroatoms. The molecule has 0 aliphatic carbocycles. The van der Waals surface area contributed by atoms with Gasteiger partial charge in [-0.3, -0.25) is 0 Å². The minimum absolute atomic E-state index is 0.0605. The topological polar surface area (TPSA) is 79.8 Å². The van der Waals surface area contributed by atoms with Crippen LogP contribution in [0.15, 0.2) is 29.3 Å². The predicted octanol–water partition coefficient (Wildman–Crippen LogP) is 1.72. The fraction of sp³-hybridized carbons (Fsp3) is 0.588. The van der Waals surface area contributed by atoms with Gasteiger partial charge < -0.3 is 15.4 Å². The van der Waals surface area contributed by atoms with Crippen molar-refractivity contribution in [2.75, 3.05) is 18.1 Å². The van der Waals surface area contributed by atoms with Gasteiger partial charge in [-0.1, -0.05) is 12.1 Å². The molecule has 1 aliphatic rings. The van der Waals surface area contributed by atoms with E-state index < -0.39 is 9.84 Å². The molecule has 1 aromatic carbocycles. The maximum atomic E-state index is 11.6. The summed E-state index contributed by atoms with van der Waals surface area (Å²) in [6.45, 7) is 7.23. The van der Waals surface area contributed by atoms with E-state index in [9.17, 15) is 8.42 Å². The number of hydrogen-bond donors (Lipinski definition) is 2. The number of benzene rings is 1. The van der Waals surface area contributed by atoms with Crippen LogP contribution in [0.2, 0.25) is 0 Å². The van der Waals surface area contributed by atoms with Gasteiger partial charge in [-0.15, -0.1) is 0 Å². The van der Waals surface area contributed by atoms with Gasteiger partial charge in [-0.25, -0.2) is 13.4 Å². The van der Waals surface area contributed by atoms with Crippen molar-refractivity contribution in [2.24, 2.45) is 4.99 Å². The van der Waals surface area contributed by atoms with E-state index in [1.807, 2.05) is 45.0 Å². The molecule has 1 atom stereocenters. The smallest absolute Gasteiger partial charge is 0.191 e. The van der Waals surface area contributed by atoms with E-state index in [2.05, 4.69) is 15.6 Å². The van der Waals surface area contributed by atoms with E-state index in [1.54, 1.807) is 0 Å². The maximum absolute atomic E-state index is 11.6. The second-order valence-electron chi connectivity index (χ2n) is 6.25. The molecule has 24 heavy (non-hydrogen) atoms. The number of sulfone groups is 1. The zero-order chi connectivity index (χ0) is 17.6. The van der Waals surface area contributed by atoms with Crippen molar-refractivity contribution < 1.29 is 13.2 Å². The van der Waals surface area contributed by atoms with Crippen LogP contribution in [0.25, 0.3) is 0 Å². The highest BCUT2D eigenvalue weighted by molar-refractivity contribution is 7.91. The molecule has 0 aromatic heterocycles. The molecule has 134 valence electrons. The van der Waals surface area contributed by atoms with Crippen LogP contribution in [0.1, 0.15) is 32.8 Å². The van der Waals surface area contributed by atoms with Crippen molar-refractivity contribution in [1.82, 2.24) is 10.6 Å². The lowest BCUT2D eigenvalue weighted by molar-refractivity contribution is 0.242. The van der Waals surface area contributed by atoms with Crippen molar-refractivity contribution in [1.29, 1.82) is 0 Å². The Morgan fingerprint density at radius 1 is 1.33 bits per heavy atom. The summed E-state index contributed by atoms with van der Waals surface area (Å²) in [6, 6.07) is 7.80. The molecule has 1 saturated heterocycles. The lowest BCUT2D eigenvalue weighted by Crippen LogP contribution is -2.44. The van der Waals surface area contributed by atoms with Gasteiger partial charge in [0, 0.05) is 12.6 Å². The van der Waals surface area contributed by atoms with Gasteiger partial charge in [-0.05, 0) is 44.9 Å². The van der Waals surface area contributed by atoms with Crippen molar-refractivity contribution >= 4 is 15.8 Å². The summed E-state index contributed by atoms with van der Waals surface area (Å²) in [6.07, 6.45) is 0.787. The van der Waals surface area contributed by atoms with E-state index in [-0.39, 0.29) is 23.7 Å². The normalized spacial score (nSPS) is 20.2. The zero-order valence-electron chi connectivity index (χ0n) is 14.6. The Hall–Kier alpha value is -1.76. The number of aliphatic imine (C=N–C) groups is 1. The molecular weight excluding hydrogens is 326 g/mol. The van der Waals surface area contributed by atoms with Crippen LogP contribution < -0.4 is 15.4 Å². The Labute approximate surface area is 144 Å². The van der Waals surface area contributed by atoms with Gasteiger partial charge in [0.1, 0.15) is 5.75 Å². The fourth-order valence-corrected chi connectivity index (χ4v) is 4.21. The van der Waals surface area contributed by atoms with Crippen LogP contribution in [0, 0.1) is 0 Å². The van der Waals surface area contributed by atoms with Crippen LogP contribution in [0.5, 0.6) is 5.75 Å². The highest BCUT2D eigenvalue weighted by Crippen LogP contribution is 2.14. The van der Waals surface area contributed by atoms with E-state index in [4.69, 9.17) is 4.74 Å². The summed E-state index contributed by atoms with van der Waals surface area (Å²) in [5.41, 5.74) is 1.07. The van der Waals surface area contributed by atoms with Crippen molar-refractivity contribution in [3.63, 3.8) is 0 Å². The first-order valence-corrected chi connectivity index (χ1v) is 10.2. The largest absolute Gasteiger partial charge is 0.491 e. The van der Waals surface area contributed by atoms with Crippen LogP contribution in [0.3, 0.4) is 0 Å². The van der Waals surface area contributed by atoms with Gasteiger partial charge in [0.05, 0.1) is 24.2 Å². The molecule has 0 amide bonds. The molecule has 1 heterocycles. The Morgan fingerprint density at radius 3 is 2.58 bits per heavy atom. The van der Waals surface area contributed by atoms with Gasteiger partial charge in [0.15, 0.2) is 15.8 Å². The monoisotopic (exact) mass is 353 g/mol. The lowest BCUT2D eigenvalue weighted by Gasteiger charge is -2.16. The highest BCUT2D eigenvalue weighted by atomic mass is 32.2. The Kier molecular flexibility index (Phi) is 6.48. The van der Waals surface area contributed by atoms with E-state index >= 15 is 0 Å². The summed E-state index contributed by atoms with van der Waals surface area (Å²) in [5.74, 6) is 1.93. The molecular formula is C17H27N3O3S. The van der Waals surface area contributed by atoms with Gasteiger partial charge >= 0.3 is 0 Å². The predicted molar refractivity (Wildman–Crippen MR) is 97.2 cm³/mol. The summed E-state index contributed by atoms with van der Waals surface area (Å²) in [4.78, 5) is 4.54. The third-order valence-corrected chi connectivity index (χ3v) is 5.40. The van der Waals surface area contributed by atoms with Crippen LogP contribution in [0.4, 0.5) is 0 Å². The van der Waals surface area contributed by atoms with Crippen molar-refractivity contribution in [3.8, 4) is 5.75 Å². The van der Waals surface area contributed by atoms with Gasteiger partial charge in [0.2, 0.25) is 0 Å². The number of hydrogen-bond acceptors (Lipinski definition) is 4. The summed E-state index contributed by atoms with van der Waals surface area (Å²) in [7, 11) is -2.90. The number of guanidine groups is 1. The molecule has 0 saturated carbocycles.